The van der Waals surface area contributed by atoms with Crippen LogP contribution in [0.25, 0.3) is 0 Å². The van der Waals surface area contributed by atoms with E-state index in [0.717, 1.165) is 29.6 Å². The highest BCUT2D eigenvalue weighted by atomic mass is 79.9. The molecule has 0 saturated heterocycles. The quantitative estimate of drug-likeness (QED) is 0.839. The molecule has 0 fully saturated rings. The van der Waals surface area contributed by atoms with Crippen LogP contribution in [0.3, 0.4) is 0 Å². The predicted octanol–water partition coefficient (Wildman–Crippen LogP) is 2.13. The summed E-state index contributed by atoms with van der Waals surface area (Å²) < 4.78 is 8.47. The molecule has 1 heterocycles. The van der Waals surface area contributed by atoms with Crippen molar-refractivity contribution in [2.24, 2.45) is 5.73 Å². The van der Waals surface area contributed by atoms with E-state index < -0.39 is 0 Å². The summed E-state index contributed by atoms with van der Waals surface area (Å²) in [5.74, 6) is 0. The smallest absolute Gasteiger partial charge is 0.0766 e. The fraction of sp³-hybridized carbons (Fsp3) is 0.750. The van der Waals surface area contributed by atoms with Crippen molar-refractivity contribution in [2.45, 2.75) is 46.2 Å². The molecule has 0 aliphatic heterocycles. The first-order valence-electron chi connectivity index (χ1n) is 6.21. The van der Waals surface area contributed by atoms with Gasteiger partial charge in [-0.15, -0.1) is 0 Å². The summed E-state index contributed by atoms with van der Waals surface area (Å²) in [4.78, 5) is 0. The molecule has 1 atom stereocenters. The Kier molecular flexibility index (Phi) is 6.16. The number of nitrogens with two attached hydrogens (primary N) is 1. The van der Waals surface area contributed by atoms with Crippen molar-refractivity contribution in [3.63, 3.8) is 0 Å². The maximum atomic E-state index is 6.05. The molecular weight excluding hydrogens is 282 g/mol. The molecule has 1 unspecified atom stereocenters. The normalized spacial score (nSPS) is 13.0. The van der Waals surface area contributed by atoms with Crippen molar-refractivity contribution in [3.05, 3.63) is 15.9 Å². The van der Waals surface area contributed by atoms with Crippen LogP contribution < -0.4 is 5.73 Å². The molecule has 1 aromatic heterocycles. The topological polar surface area (TPSA) is 53.1 Å². The molecule has 4 nitrogen and oxygen atoms in total. The van der Waals surface area contributed by atoms with Gasteiger partial charge < -0.3 is 10.5 Å². The van der Waals surface area contributed by atoms with Crippen molar-refractivity contribution in [1.82, 2.24) is 9.78 Å². The fourth-order valence-corrected chi connectivity index (χ4v) is 2.52. The Morgan fingerprint density at radius 3 is 2.65 bits per heavy atom. The zero-order chi connectivity index (χ0) is 12.8. The molecule has 0 aliphatic rings. The van der Waals surface area contributed by atoms with E-state index in [1.54, 1.807) is 0 Å². The standard InChI is InChI=1S/C12H22BrN3O/c1-4-10-12(13)11(16(5-2)15-10)7-9(14)8-17-6-3/h9H,4-8,14H2,1-3H3. The van der Waals surface area contributed by atoms with Gasteiger partial charge in [0, 0.05) is 25.6 Å². The highest BCUT2D eigenvalue weighted by Crippen LogP contribution is 2.23. The molecule has 0 spiro atoms. The summed E-state index contributed by atoms with van der Waals surface area (Å²) in [6.45, 7) is 8.36. The largest absolute Gasteiger partial charge is 0.380 e. The first-order valence-corrected chi connectivity index (χ1v) is 7.00. The van der Waals surface area contributed by atoms with E-state index >= 15 is 0 Å². The number of nitrogens with zero attached hydrogens (tertiary/aromatic N) is 2. The van der Waals surface area contributed by atoms with Gasteiger partial charge in [0.15, 0.2) is 0 Å². The van der Waals surface area contributed by atoms with Gasteiger partial charge in [0.1, 0.15) is 0 Å². The molecule has 0 radical (unpaired) electrons. The van der Waals surface area contributed by atoms with E-state index in [0.29, 0.717) is 13.2 Å². The van der Waals surface area contributed by atoms with Gasteiger partial charge in [-0.2, -0.15) is 5.10 Å². The van der Waals surface area contributed by atoms with Crippen LogP contribution >= 0.6 is 15.9 Å². The van der Waals surface area contributed by atoms with Gasteiger partial charge in [-0.1, -0.05) is 6.92 Å². The van der Waals surface area contributed by atoms with Crippen molar-refractivity contribution in [1.29, 1.82) is 0 Å². The summed E-state index contributed by atoms with van der Waals surface area (Å²) in [7, 11) is 0. The van der Waals surface area contributed by atoms with E-state index in [-0.39, 0.29) is 6.04 Å². The van der Waals surface area contributed by atoms with E-state index in [1.165, 1.54) is 5.69 Å². The predicted molar refractivity (Wildman–Crippen MR) is 73.2 cm³/mol. The van der Waals surface area contributed by atoms with Crippen LogP contribution in [0, 0.1) is 0 Å². The van der Waals surface area contributed by atoms with Crippen LogP contribution in [0.2, 0.25) is 0 Å². The second-order valence-electron chi connectivity index (χ2n) is 4.00. The summed E-state index contributed by atoms with van der Waals surface area (Å²) >= 11 is 3.62. The van der Waals surface area contributed by atoms with Gasteiger partial charge in [-0.3, -0.25) is 4.68 Å². The van der Waals surface area contributed by atoms with Gasteiger partial charge in [0.25, 0.3) is 0 Å². The molecule has 1 aromatic rings. The molecule has 0 aliphatic carbocycles. The van der Waals surface area contributed by atoms with Crippen LogP contribution in [0.5, 0.6) is 0 Å². The maximum absolute atomic E-state index is 6.05. The summed E-state index contributed by atoms with van der Waals surface area (Å²) in [5.41, 5.74) is 8.33. The average Bonchev–Trinajstić information content (AvgIpc) is 2.63. The highest BCUT2D eigenvalue weighted by molar-refractivity contribution is 9.10. The first kappa shape index (κ1) is 14.7. The molecule has 5 heteroatoms. The van der Waals surface area contributed by atoms with Gasteiger partial charge in [0.2, 0.25) is 0 Å². The van der Waals surface area contributed by atoms with Crippen LogP contribution in [-0.2, 0) is 24.1 Å². The Bertz CT molecular complexity index is 352. The lowest BCUT2D eigenvalue weighted by Gasteiger charge is -2.12. The van der Waals surface area contributed by atoms with E-state index in [4.69, 9.17) is 10.5 Å². The average molecular weight is 304 g/mol. The Hall–Kier alpha value is -0.390. The zero-order valence-electron chi connectivity index (χ0n) is 10.9. The number of rotatable bonds is 7. The number of aromatic nitrogens is 2. The summed E-state index contributed by atoms with van der Waals surface area (Å²) in [6, 6.07) is 0.0259. The molecule has 0 aromatic carbocycles. The van der Waals surface area contributed by atoms with Crippen molar-refractivity contribution < 1.29 is 4.74 Å². The van der Waals surface area contributed by atoms with E-state index in [2.05, 4.69) is 34.9 Å². The van der Waals surface area contributed by atoms with Crippen LogP contribution in [0.15, 0.2) is 4.47 Å². The zero-order valence-corrected chi connectivity index (χ0v) is 12.5. The summed E-state index contributed by atoms with van der Waals surface area (Å²) in [6.07, 6.45) is 1.72. The highest BCUT2D eigenvalue weighted by Gasteiger charge is 2.16. The lowest BCUT2D eigenvalue weighted by molar-refractivity contribution is 0.132. The molecule has 2 N–H and O–H groups in total. The van der Waals surface area contributed by atoms with Crippen LogP contribution in [-0.4, -0.2) is 29.0 Å². The first-order chi connectivity index (χ1) is 8.13. The minimum atomic E-state index is 0.0259. The Morgan fingerprint density at radius 1 is 1.41 bits per heavy atom. The molecule has 0 amide bonds. The molecule has 0 saturated carbocycles. The summed E-state index contributed by atoms with van der Waals surface area (Å²) in [5, 5.41) is 4.55. The van der Waals surface area contributed by atoms with Gasteiger partial charge in [-0.05, 0) is 36.2 Å². The third kappa shape index (κ3) is 3.79. The van der Waals surface area contributed by atoms with Gasteiger partial charge in [-0.25, -0.2) is 0 Å². The number of ether oxygens (including phenoxy) is 1. The minimum Gasteiger partial charge on any atom is -0.380 e. The number of halogens is 1. The third-order valence-electron chi connectivity index (χ3n) is 2.69. The Morgan fingerprint density at radius 2 is 2.12 bits per heavy atom. The number of hydrogen-bond donors (Lipinski definition) is 1. The van der Waals surface area contributed by atoms with E-state index in [9.17, 15) is 0 Å². The second kappa shape index (κ2) is 7.13. The molecular formula is C12H22BrN3O. The molecule has 98 valence electrons. The second-order valence-corrected chi connectivity index (χ2v) is 4.79. The minimum absolute atomic E-state index is 0.0259. The lowest BCUT2D eigenvalue weighted by Crippen LogP contribution is -2.29. The maximum Gasteiger partial charge on any atom is 0.0766 e. The van der Waals surface area contributed by atoms with Crippen molar-refractivity contribution in [3.8, 4) is 0 Å². The van der Waals surface area contributed by atoms with E-state index in [1.807, 2.05) is 11.6 Å². The van der Waals surface area contributed by atoms with Crippen molar-refractivity contribution >= 4 is 15.9 Å². The fourth-order valence-electron chi connectivity index (χ4n) is 1.79. The third-order valence-corrected chi connectivity index (χ3v) is 3.60. The molecule has 1 rings (SSSR count). The van der Waals surface area contributed by atoms with Gasteiger partial charge in [0.05, 0.1) is 22.5 Å². The lowest BCUT2D eigenvalue weighted by atomic mass is 10.1. The SMILES string of the molecule is CCOCC(N)Cc1c(Br)c(CC)nn1CC. The van der Waals surface area contributed by atoms with Crippen molar-refractivity contribution in [2.75, 3.05) is 13.2 Å². The monoisotopic (exact) mass is 303 g/mol. The van der Waals surface area contributed by atoms with Crippen LogP contribution in [0.1, 0.15) is 32.2 Å². The van der Waals surface area contributed by atoms with Gasteiger partial charge >= 0.3 is 0 Å². The number of hydrogen-bond acceptors (Lipinski definition) is 3. The molecule has 17 heavy (non-hydrogen) atoms. The Balaban J connectivity index is 2.78. The number of aryl methyl sites for hydroxylation is 2. The molecule has 0 bridgehead atoms. The Labute approximate surface area is 112 Å². The van der Waals surface area contributed by atoms with Crippen LogP contribution in [0.4, 0.5) is 0 Å².